The largest absolute Gasteiger partial charge is 0.618 e. The maximum atomic E-state index is 12.9. The van der Waals surface area contributed by atoms with E-state index in [0.29, 0.717) is 100 Å². The van der Waals surface area contributed by atoms with Gasteiger partial charge in [0.2, 0.25) is 11.6 Å². The first-order chi connectivity index (χ1) is 64.3. The highest BCUT2D eigenvalue weighted by Gasteiger charge is 2.53. The van der Waals surface area contributed by atoms with E-state index in [9.17, 15) is 63.0 Å². The average molecular weight is 1850 g/mol. The van der Waals surface area contributed by atoms with E-state index >= 15 is 0 Å². The molecule has 0 saturated carbocycles. The molecule has 1 unspecified atom stereocenters. The number of benzene rings is 7. The first-order valence-electron chi connectivity index (χ1n) is 44.3. The first kappa shape index (κ1) is 97.0. The van der Waals surface area contributed by atoms with Crippen LogP contribution >= 0.6 is 0 Å². The lowest BCUT2D eigenvalue weighted by molar-refractivity contribution is -0.615. The summed E-state index contributed by atoms with van der Waals surface area (Å²) in [4.78, 5) is 67.8. The number of aliphatic hydroxyl groups excluding tert-OH is 3. The van der Waals surface area contributed by atoms with Crippen molar-refractivity contribution in [3.05, 3.63) is 321 Å². The first-order valence-corrected chi connectivity index (χ1v) is 44.3. The number of likely N-dealkylation sites (tertiary alicyclic amines) is 1. The van der Waals surface area contributed by atoms with Crippen molar-refractivity contribution < 1.29 is 80.9 Å². The molecule has 8 atom stereocenters. The molecule has 7 aromatic carbocycles. The molecule has 1 fully saturated rings. The van der Waals surface area contributed by atoms with Gasteiger partial charge in [0.15, 0.2) is 12.2 Å². The van der Waals surface area contributed by atoms with E-state index in [0.717, 1.165) is 75.4 Å². The summed E-state index contributed by atoms with van der Waals surface area (Å²) >= 11 is 0. The SMILES string of the molecule is CC1(C)C=C(n2ccccc2=O)c2cc(C#N)ccc2O1.CC1(C)CC(c2cccc[n+]2[O-])c2cc(C#N)ccc2O1.CC1(C)Oc2ccc(C#N)cc2[C@@H](N2CCCC2=O)[C@@H]1O.CC1(C)Oc2ccc(C#N)cc2[C@@H](n2ccccc2=O)[C@@H]1O.CC1(C)Oc2ccc(OC(F)(F)F)cc2[C@@H](N2Cc3ccccc3C2=O)[C@@H]1O.CCCNC1=NC[C@@]2(CC(C)(C)Oc3ccc([N+](=O)[O-])cc32)N1. The number of pyridine rings is 3. The van der Waals surface area contributed by atoms with Crippen LogP contribution in [0.15, 0.2) is 227 Å². The minimum absolute atomic E-state index is 0.0464. The number of nitro benzene ring substituents is 1. The van der Waals surface area contributed by atoms with Gasteiger partial charge in [-0.05, 0) is 229 Å². The maximum absolute atomic E-state index is 12.9. The molecule has 2 amide bonds. The molecular weight excluding hydrogens is 1750 g/mol. The molecule has 30 nitrogen and oxygen atoms in total. The number of rotatable bonds is 9. The van der Waals surface area contributed by atoms with Gasteiger partial charge in [-0.2, -0.15) is 25.8 Å². The van der Waals surface area contributed by atoms with Crippen molar-refractivity contribution in [1.29, 1.82) is 21.0 Å². The highest BCUT2D eigenvalue weighted by atomic mass is 19.4. The Kier molecular flexibility index (Phi) is 27.2. The summed E-state index contributed by atoms with van der Waals surface area (Å²) in [7, 11) is 0. The van der Waals surface area contributed by atoms with Gasteiger partial charge in [-0.1, -0.05) is 37.3 Å². The molecule has 704 valence electrons. The fraction of sp³-hybridized carbons (Fsp3) is 0.359. The van der Waals surface area contributed by atoms with E-state index in [1.165, 1.54) is 46.0 Å². The summed E-state index contributed by atoms with van der Waals surface area (Å²) in [5.41, 5.74) is 4.28. The van der Waals surface area contributed by atoms with Crippen molar-refractivity contribution in [2.24, 2.45) is 4.99 Å². The second-order valence-corrected chi connectivity index (χ2v) is 37.7. The standard InChI is InChI=1S/C20H18F3NO4.C17H16N2O3.C17H14N2O2.C17H16N2O2.C16H22N4O3.C16H18N2O3/c1-19(2)17(25)16(24-10-11-5-3-4-6-13(11)18(24)26)14-9-12(27-20(21,22)23)7-8-15(14)28-19;1-17(2)16(21)15(19-8-4-3-5-14(19)20)12-9-11(10-18)6-7-13(12)22-17;1-17(2)10-14(19-8-4-3-5-16(19)20)13-9-12(11-18)6-7-15(13)21-17;1-17(2)10-14(15-5-3-4-8-19(15)20)13-9-12(11-18)6-7-16(13)21-17;1-4-7-17-14-18-10-16(19-14)9-15(2,3)23-13-6-5-11(20(21)22)8-12(13)16;1-16(2)15(20)14(18-7-3-4-13(18)19)11-8-10(9-17)5-6-12(11)21-16/h3-9,16-17,25H,10H2,1-2H3;3-9,15-16,21H,1-2H3;3-10H,1-2H3;3-9,14H,10H2,1-2H3;5-6,8H,4,7,9-10H2,1-3H3,(H2,17,18,19);5-6,8,14-15,20H,3-4,7H2,1-2H3/t16-,17+;15-,16+;;;16-;14-,15+/m11..11/s1. The third-order valence-corrected chi connectivity index (χ3v) is 24.7. The van der Waals surface area contributed by atoms with Crippen LogP contribution in [0.25, 0.3) is 5.70 Å². The molecule has 10 aromatic rings. The number of aliphatic imine (C=N–C) groups is 1. The number of hydrogen-bond donors (Lipinski definition) is 5. The number of guanidine groups is 1. The minimum atomic E-state index is -4.85. The smallest absolute Gasteiger partial charge is 0.573 e. The Morgan fingerprint density at radius 3 is 1.67 bits per heavy atom. The lowest BCUT2D eigenvalue weighted by Crippen LogP contribution is -2.54. The fourth-order valence-corrected chi connectivity index (χ4v) is 18.4. The van der Waals surface area contributed by atoms with E-state index in [-0.39, 0.29) is 62.8 Å². The number of amides is 2. The monoisotopic (exact) mass is 1850 g/mol. The third kappa shape index (κ3) is 20.7. The molecule has 136 heavy (non-hydrogen) atoms. The van der Waals surface area contributed by atoms with Crippen molar-refractivity contribution in [2.75, 3.05) is 19.6 Å². The average Bonchev–Trinajstić information content (AvgIpc) is 1.54. The van der Waals surface area contributed by atoms with E-state index in [4.69, 9.17) is 49.5 Å². The van der Waals surface area contributed by atoms with Gasteiger partial charge in [0.05, 0.1) is 93.3 Å². The van der Waals surface area contributed by atoms with Crippen LogP contribution in [0.4, 0.5) is 18.9 Å². The Bertz CT molecular complexity index is 6670. The summed E-state index contributed by atoms with van der Waals surface area (Å²) in [6, 6.07) is 58.1. The number of ether oxygens (including phenoxy) is 7. The summed E-state index contributed by atoms with van der Waals surface area (Å²) in [6.07, 6.45) is 2.71. The normalized spacial score (nSPS) is 22.0. The van der Waals surface area contributed by atoms with Gasteiger partial charge in [0.1, 0.15) is 92.2 Å². The van der Waals surface area contributed by atoms with Crippen LogP contribution in [0.5, 0.6) is 40.2 Å². The van der Waals surface area contributed by atoms with Crippen molar-refractivity contribution >= 4 is 29.2 Å². The van der Waals surface area contributed by atoms with Crippen LogP contribution in [-0.4, -0.2) is 135 Å². The van der Waals surface area contributed by atoms with Gasteiger partial charge in [-0.15, -0.1) is 13.2 Å². The van der Waals surface area contributed by atoms with E-state index in [1.807, 2.05) is 97.9 Å². The van der Waals surface area contributed by atoms with Crippen LogP contribution in [0.3, 0.4) is 0 Å². The second-order valence-electron chi connectivity index (χ2n) is 37.7. The number of non-ortho nitro benzene ring substituents is 1. The molecule has 3 aromatic heterocycles. The summed E-state index contributed by atoms with van der Waals surface area (Å²) in [6.45, 7) is 26.8. The van der Waals surface area contributed by atoms with Crippen LogP contribution < -0.4 is 59.6 Å². The van der Waals surface area contributed by atoms with E-state index in [1.54, 1.807) is 165 Å². The van der Waals surface area contributed by atoms with Gasteiger partial charge < -0.3 is 78.7 Å². The maximum Gasteiger partial charge on any atom is 0.573 e. The molecule has 9 aliphatic heterocycles. The number of carbonyl (C=O) groups is 2. The second kappa shape index (κ2) is 38.2. The lowest BCUT2D eigenvalue weighted by Gasteiger charge is -2.45. The van der Waals surface area contributed by atoms with Crippen molar-refractivity contribution in [2.45, 2.75) is 217 Å². The molecule has 9 aliphatic rings. The van der Waals surface area contributed by atoms with Crippen molar-refractivity contribution in [3.63, 3.8) is 0 Å². The molecule has 19 rings (SSSR count). The number of alkyl halides is 3. The van der Waals surface area contributed by atoms with E-state index in [2.05, 4.69) is 51.6 Å². The van der Waals surface area contributed by atoms with Crippen molar-refractivity contribution in [1.82, 2.24) is 29.6 Å². The quantitative estimate of drug-likeness (QED) is 0.0388. The van der Waals surface area contributed by atoms with Crippen LogP contribution in [0.1, 0.15) is 223 Å². The lowest BCUT2D eigenvalue weighted by atomic mass is 9.78. The summed E-state index contributed by atoms with van der Waals surface area (Å²) in [5, 5.41) is 98.6. The van der Waals surface area contributed by atoms with Crippen LogP contribution in [-0.2, 0) is 16.9 Å². The molecule has 33 heteroatoms. The number of nitro groups is 1. The number of aromatic nitrogens is 3. The Morgan fingerprint density at radius 1 is 0.581 bits per heavy atom. The Balaban J connectivity index is 0.000000131. The van der Waals surface area contributed by atoms with Crippen LogP contribution in [0, 0.1) is 60.6 Å². The van der Waals surface area contributed by atoms with Gasteiger partial charge >= 0.3 is 6.36 Å². The molecule has 1 saturated heterocycles. The molecule has 0 aliphatic carbocycles. The Hall–Kier alpha value is -15.0. The number of halogens is 3. The number of nitriles is 4. The predicted octanol–water partition coefficient (Wildman–Crippen LogP) is 15.4. The number of fused-ring (bicyclic) bond motifs is 8. The number of nitrogens with zero attached hydrogens (tertiary/aromatic N) is 11. The highest BCUT2D eigenvalue weighted by molar-refractivity contribution is 5.98. The van der Waals surface area contributed by atoms with Gasteiger partial charge in [0.25, 0.3) is 22.7 Å². The summed E-state index contributed by atoms with van der Waals surface area (Å²) in [5.74, 6) is 3.63. The van der Waals surface area contributed by atoms with E-state index < -0.39 is 76.5 Å². The fourth-order valence-electron chi connectivity index (χ4n) is 18.4. The topological polar surface area (TPSA) is 412 Å². The number of nitrogens with one attached hydrogen (secondary N) is 2. The molecule has 0 bridgehead atoms. The minimum Gasteiger partial charge on any atom is -0.618 e. The van der Waals surface area contributed by atoms with Gasteiger partial charge in [-0.25, -0.2) is 0 Å². The number of carbonyl (C=O) groups excluding carboxylic acids is 2. The zero-order valence-corrected chi connectivity index (χ0v) is 77.2. The third-order valence-electron chi connectivity index (χ3n) is 24.7. The predicted molar refractivity (Wildman–Crippen MR) is 495 cm³/mol. The van der Waals surface area contributed by atoms with Crippen LogP contribution in [0.2, 0.25) is 0 Å². The molecule has 1 spiro atoms. The number of hydrogen-bond acceptors (Lipinski definition) is 24. The molecular formula is C103H104F3N13O17. The zero-order valence-electron chi connectivity index (χ0n) is 77.2. The Labute approximate surface area is 783 Å². The number of aliphatic hydroxyl groups is 3. The van der Waals surface area contributed by atoms with Gasteiger partial charge in [0, 0.05) is 127 Å². The van der Waals surface area contributed by atoms with Crippen molar-refractivity contribution in [3.8, 4) is 64.5 Å². The zero-order chi connectivity index (χ0) is 98.1. The Morgan fingerprint density at radius 2 is 1.10 bits per heavy atom. The summed E-state index contributed by atoms with van der Waals surface area (Å²) < 4.78 is 81.3. The molecule has 5 N–H and O–H groups in total. The molecule has 0 radical (unpaired) electrons. The molecule has 12 heterocycles. The van der Waals surface area contributed by atoms with Gasteiger partial charge in [-0.3, -0.25) is 38.9 Å². The highest BCUT2D eigenvalue weighted by Crippen LogP contribution is 2.52.